The summed E-state index contributed by atoms with van der Waals surface area (Å²) in [4.78, 5) is 13.0. The predicted molar refractivity (Wildman–Crippen MR) is 113 cm³/mol. The molecule has 0 saturated carbocycles. The molecule has 0 spiro atoms. The molecule has 1 aliphatic rings. The molecule has 0 amide bonds. The van der Waals surface area contributed by atoms with Gasteiger partial charge in [-0.1, -0.05) is 36.4 Å². The molecular formula is C25H24O5. The Labute approximate surface area is 175 Å². The van der Waals surface area contributed by atoms with E-state index in [1.807, 2.05) is 36.4 Å². The minimum atomic E-state index is -0.342. The summed E-state index contributed by atoms with van der Waals surface area (Å²) in [5, 5.41) is 20.7. The van der Waals surface area contributed by atoms with Gasteiger partial charge in [0, 0.05) is 13.0 Å². The molecule has 154 valence electrons. The van der Waals surface area contributed by atoms with Crippen LogP contribution in [0.15, 0.2) is 60.7 Å². The molecule has 30 heavy (non-hydrogen) atoms. The minimum Gasteiger partial charge on any atom is -0.507 e. The van der Waals surface area contributed by atoms with Gasteiger partial charge in [-0.05, 0) is 53.8 Å². The molecule has 1 aliphatic carbocycles. The van der Waals surface area contributed by atoms with Crippen LogP contribution in [0.2, 0.25) is 0 Å². The summed E-state index contributed by atoms with van der Waals surface area (Å²) in [7, 11) is 3.31. The molecule has 0 heterocycles. The van der Waals surface area contributed by atoms with Crippen LogP contribution in [0.25, 0.3) is 0 Å². The lowest BCUT2D eigenvalue weighted by Gasteiger charge is -2.29. The second-order valence-electron chi connectivity index (χ2n) is 7.44. The molecule has 0 bridgehead atoms. The fourth-order valence-corrected chi connectivity index (χ4v) is 4.35. The Kier molecular flexibility index (Phi) is 5.46. The predicted octanol–water partition coefficient (Wildman–Crippen LogP) is 4.95. The third-order valence-corrected chi connectivity index (χ3v) is 5.84. The van der Waals surface area contributed by atoms with Crippen LogP contribution in [0.5, 0.6) is 17.2 Å². The van der Waals surface area contributed by atoms with Gasteiger partial charge in [0.1, 0.15) is 17.2 Å². The molecule has 1 unspecified atom stereocenters. The summed E-state index contributed by atoms with van der Waals surface area (Å²) in [6, 6.07) is 18.0. The van der Waals surface area contributed by atoms with E-state index < -0.39 is 0 Å². The van der Waals surface area contributed by atoms with Gasteiger partial charge in [-0.25, -0.2) is 0 Å². The zero-order valence-corrected chi connectivity index (χ0v) is 17.0. The van der Waals surface area contributed by atoms with Crippen molar-refractivity contribution in [3.63, 3.8) is 0 Å². The van der Waals surface area contributed by atoms with Crippen LogP contribution in [-0.4, -0.2) is 30.2 Å². The lowest BCUT2D eigenvalue weighted by Crippen LogP contribution is -2.20. The van der Waals surface area contributed by atoms with Crippen LogP contribution >= 0.6 is 0 Å². The second kappa shape index (κ2) is 8.20. The average Bonchev–Trinajstić information content (AvgIpc) is 2.76. The number of methoxy groups -OCH3 is 2. The van der Waals surface area contributed by atoms with Gasteiger partial charge in [0.05, 0.1) is 24.3 Å². The highest BCUT2D eigenvalue weighted by Gasteiger charge is 2.35. The number of phenolic OH excluding ortho intramolecular Hbond substituents is 2. The van der Waals surface area contributed by atoms with Crippen LogP contribution in [0.4, 0.5) is 0 Å². The summed E-state index contributed by atoms with van der Waals surface area (Å²) in [5.74, 6) is 0.187. The van der Waals surface area contributed by atoms with E-state index in [-0.39, 0.29) is 40.4 Å². The van der Waals surface area contributed by atoms with Crippen molar-refractivity contribution >= 4 is 5.78 Å². The number of ketones is 1. The molecule has 4 rings (SSSR count). The highest BCUT2D eigenvalue weighted by molar-refractivity contribution is 6.15. The van der Waals surface area contributed by atoms with Gasteiger partial charge in [0.2, 0.25) is 5.78 Å². The largest absolute Gasteiger partial charge is 0.507 e. The summed E-state index contributed by atoms with van der Waals surface area (Å²) in [6.07, 6.45) is 1.26. The Morgan fingerprint density at radius 2 is 1.43 bits per heavy atom. The molecule has 0 saturated heterocycles. The normalized spacial score (nSPS) is 14.1. The highest BCUT2D eigenvalue weighted by atomic mass is 16.5. The van der Waals surface area contributed by atoms with Crippen molar-refractivity contribution in [2.45, 2.75) is 24.9 Å². The Morgan fingerprint density at radius 1 is 0.867 bits per heavy atom. The second-order valence-corrected chi connectivity index (χ2v) is 7.44. The maximum atomic E-state index is 13.0. The van der Waals surface area contributed by atoms with Gasteiger partial charge >= 0.3 is 0 Å². The molecule has 1 atom stereocenters. The number of benzene rings is 3. The van der Waals surface area contributed by atoms with Gasteiger partial charge < -0.3 is 19.7 Å². The monoisotopic (exact) mass is 404 g/mol. The van der Waals surface area contributed by atoms with Crippen LogP contribution in [-0.2, 0) is 4.74 Å². The average molecular weight is 404 g/mol. The zero-order chi connectivity index (χ0) is 21.3. The molecule has 3 aromatic carbocycles. The minimum absolute atomic E-state index is 0.0603. The Morgan fingerprint density at radius 3 is 1.93 bits per heavy atom. The van der Waals surface area contributed by atoms with Gasteiger partial charge in [-0.3, -0.25) is 4.79 Å². The van der Waals surface area contributed by atoms with Crippen LogP contribution < -0.4 is 4.74 Å². The number of carbonyl (C=O) groups excluding carboxylic acids is 1. The summed E-state index contributed by atoms with van der Waals surface area (Å²) in [6.45, 7) is 0. The highest BCUT2D eigenvalue weighted by Crippen LogP contribution is 2.45. The van der Waals surface area contributed by atoms with Crippen molar-refractivity contribution in [2.24, 2.45) is 0 Å². The molecule has 0 fully saturated rings. The lowest BCUT2D eigenvalue weighted by atomic mass is 9.74. The molecule has 3 aromatic rings. The van der Waals surface area contributed by atoms with Crippen molar-refractivity contribution in [3.8, 4) is 17.2 Å². The first kappa shape index (κ1) is 20.0. The number of rotatable bonds is 6. The zero-order valence-electron chi connectivity index (χ0n) is 17.0. The summed E-state index contributed by atoms with van der Waals surface area (Å²) in [5.41, 5.74) is 3.15. The fraction of sp³-hybridized carbons (Fsp3) is 0.240. The van der Waals surface area contributed by atoms with E-state index in [2.05, 4.69) is 0 Å². The van der Waals surface area contributed by atoms with Crippen molar-refractivity contribution in [2.75, 3.05) is 14.2 Å². The maximum Gasteiger partial charge on any atom is 0.201 e. The number of hydrogen-bond donors (Lipinski definition) is 2. The number of aromatic hydroxyl groups is 2. The van der Waals surface area contributed by atoms with Crippen molar-refractivity contribution < 1.29 is 24.5 Å². The molecule has 0 aromatic heterocycles. The molecule has 0 radical (unpaired) electrons. The van der Waals surface area contributed by atoms with E-state index in [1.54, 1.807) is 26.4 Å². The Bertz CT molecular complexity index is 1020. The number of ether oxygens (including phenoxy) is 2. The molecule has 5 heteroatoms. The van der Waals surface area contributed by atoms with Crippen molar-refractivity contribution in [1.29, 1.82) is 0 Å². The van der Waals surface area contributed by atoms with Crippen molar-refractivity contribution in [3.05, 3.63) is 88.5 Å². The number of phenols is 2. The molecular weight excluding hydrogens is 380 g/mol. The fourth-order valence-electron chi connectivity index (χ4n) is 4.35. The first-order valence-electron chi connectivity index (χ1n) is 9.90. The number of hydrogen-bond acceptors (Lipinski definition) is 5. The summed E-state index contributed by atoms with van der Waals surface area (Å²) >= 11 is 0. The van der Waals surface area contributed by atoms with E-state index in [0.717, 1.165) is 22.4 Å². The maximum absolute atomic E-state index is 13.0. The molecule has 2 N–H and O–H groups in total. The number of carbonyl (C=O) groups is 1. The first-order chi connectivity index (χ1) is 14.5. The standard InChI is InChI=1S/C25H24O5/c1-29-16-11-9-15(10-12-16)22(30-2)14-13-17-18-5-3-7-20(26)23(18)25(28)24-19(17)6-4-8-21(24)27/h3-12,17,22,26-27H,13-14H2,1-2H3. The topological polar surface area (TPSA) is 76.0 Å². The van der Waals surface area contributed by atoms with Crippen LogP contribution in [0.1, 0.15) is 57.5 Å². The first-order valence-corrected chi connectivity index (χ1v) is 9.90. The van der Waals surface area contributed by atoms with Gasteiger partial charge in [0.25, 0.3) is 0 Å². The van der Waals surface area contributed by atoms with Gasteiger partial charge in [-0.2, -0.15) is 0 Å². The van der Waals surface area contributed by atoms with E-state index in [9.17, 15) is 15.0 Å². The van der Waals surface area contributed by atoms with Gasteiger partial charge in [-0.15, -0.1) is 0 Å². The van der Waals surface area contributed by atoms with E-state index >= 15 is 0 Å². The summed E-state index contributed by atoms with van der Waals surface area (Å²) < 4.78 is 11.0. The van der Waals surface area contributed by atoms with Crippen LogP contribution in [0, 0.1) is 0 Å². The SMILES string of the molecule is COc1ccc(C(CCC2c3cccc(O)c3C(=O)c3c(O)cccc32)OC)cc1. The van der Waals surface area contributed by atoms with E-state index in [4.69, 9.17) is 9.47 Å². The quantitative estimate of drug-likeness (QED) is 0.608. The smallest absolute Gasteiger partial charge is 0.201 e. The van der Waals surface area contributed by atoms with Crippen molar-refractivity contribution in [1.82, 2.24) is 0 Å². The number of fused-ring (bicyclic) bond motifs is 2. The van der Waals surface area contributed by atoms with E-state index in [1.165, 1.54) is 12.1 Å². The third-order valence-electron chi connectivity index (χ3n) is 5.84. The lowest BCUT2D eigenvalue weighted by molar-refractivity contribution is 0.0923. The molecule has 0 aliphatic heterocycles. The Hall–Kier alpha value is -3.31. The molecule has 5 nitrogen and oxygen atoms in total. The van der Waals surface area contributed by atoms with Crippen LogP contribution in [0.3, 0.4) is 0 Å². The van der Waals surface area contributed by atoms with Gasteiger partial charge in [0.15, 0.2) is 0 Å². The van der Waals surface area contributed by atoms with E-state index in [0.29, 0.717) is 12.8 Å². The third kappa shape index (κ3) is 3.42. The Balaban J connectivity index is 1.68.